The van der Waals surface area contributed by atoms with Crippen molar-refractivity contribution in [3.05, 3.63) is 24.3 Å². The van der Waals surface area contributed by atoms with Gasteiger partial charge in [-0.25, -0.2) is 0 Å². The number of amides is 2. The summed E-state index contributed by atoms with van der Waals surface area (Å²) >= 11 is 0. The fourth-order valence-electron chi connectivity index (χ4n) is 2.07. The summed E-state index contributed by atoms with van der Waals surface area (Å²) in [6.07, 6.45) is 2.46. The summed E-state index contributed by atoms with van der Waals surface area (Å²) in [7, 11) is 0. The van der Waals surface area contributed by atoms with E-state index < -0.39 is 6.10 Å². The molecular formula is C15H20N2O3. The van der Waals surface area contributed by atoms with Gasteiger partial charge >= 0.3 is 0 Å². The Kier molecular flexibility index (Phi) is 4.98. The van der Waals surface area contributed by atoms with Gasteiger partial charge in [0.1, 0.15) is 5.75 Å². The first-order valence-electron chi connectivity index (χ1n) is 7.04. The van der Waals surface area contributed by atoms with E-state index in [1.807, 2.05) is 12.1 Å². The van der Waals surface area contributed by atoms with Crippen LogP contribution < -0.4 is 15.4 Å². The fraction of sp³-hybridized carbons (Fsp3) is 0.467. The van der Waals surface area contributed by atoms with Gasteiger partial charge in [0.2, 0.25) is 5.91 Å². The van der Waals surface area contributed by atoms with Crippen LogP contribution in [0.4, 0.5) is 5.69 Å². The molecule has 2 rings (SSSR count). The third-order valence-electron chi connectivity index (χ3n) is 3.18. The predicted octanol–water partition coefficient (Wildman–Crippen LogP) is 2.08. The summed E-state index contributed by atoms with van der Waals surface area (Å²) in [6.45, 7) is 2.76. The highest BCUT2D eigenvalue weighted by atomic mass is 16.5. The van der Waals surface area contributed by atoms with Crippen molar-refractivity contribution in [2.45, 2.75) is 38.7 Å². The van der Waals surface area contributed by atoms with E-state index in [1.165, 1.54) is 0 Å². The van der Waals surface area contributed by atoms with E-state index in [0.717, 1.165) is 19.3 Å². The molecule has 0 radical (unpaired) electrons. The summed E-state index contributed by atoms with van der Waals surface area (Å²) in [6, 6.07) is 7.20. The largest absolute Gasteiger partial charge is 0.478 e. The summed E-state index contributed by atoms with van der Waals surface area (Å²) in [5.74, 6) is 0.184. The van der Waals surface area contributed by atoms with E-state index in [1.54, 1.807) is 12.1 Å². The van der Waals surface area contributed by atoms with E-state index >= 15 is 0 Å². The van der Waals surface area contributed by atoms with Crippen molar-refractivity contribution in [2.24, 2.45) is 0 Å². The van der Waals surface area contributed by atoms with Crippen molar-refractivity contribution in [1.82, 2.24) is 5.32 Å². The number of rotatable bonds is 6. The Balaban J connectivity index is 1.84. The van der Waals surface area contributed by atoms with Crippen LogP contribution in [-0.4, -0.2) is 24.5 Å². The first kappa shape index (κ1) is 14.4. The zero-order valence-corrected chi connectivity index (χ0v) is 11.6. The van der Waals surface area contributed by atoms with Crippen LogP contribution in [-0.2, 0) is 9.59 Å². The normalized spacial score (nSPS) is 16.9. The number of nitrogens with one attached hydrogen (secondary N) is 2. The summed E-state index contributed by atoms with van der Waals surface area (Å²) in [5.41, 5.74) is 0.650. The van der Waals surface area contributed by atoms with Crippen molar-refractivity contribution in [1.29, 1.82) is 0 Å². The number of anilines is 1. The Morgan fingerprint density at radius 1 is 1.35 bits per heavy atom. The zero-order chi connectivity index (χ0) is 14.4. The molecule has 1 aromatic carbocycles. The van der Waals surface area contributed by atoms with E-state index in [-0.39, 0.29) is 18.2 Å². The monoisotopic (exact) mass is 276 g/mol. The zero-order valence-electron chi connectivity index (χ0n) is 11.6. The van der Waals surface area contributed by atoms with Gasteiger partial charge in [-0.3, -0.25) is 9.59 Å². The maximum atomic E-state index is 11.9. The van der Waals surface area contributed by atoms with Crippen LogP contribution in [0.3, 0.4) is 0 Å². The van der Waals surface area contributed by atoms with E-state index in [2.05, 4.69) is 17.6 Å². The molecule has 1 aliphatic rings. The average Bonchev–Trinajstić information content (AvgIpc) is 2.44. The second-order valence-corrected chi connectivity index (χ2v) is 4.85. The molecule has 0 bridgehead atoms. The Labute approximate surface area is 118 Å². The Bertz CT molecular complexity index is 488. The van der Waals surface area contributed by atoms with Crippen molar-refractivity contribution in [2.75, 3.05) is 11.9 Å². The molecule has 108 valence electrons. The lowest BCUT2D eigenvalue weighted by Gasteiger charge is -2.25. The van der Waals surface area contributed by atoms with Gasteiger partial charge in [0.15, 0.2) is 6.10 Å². The third kappa shape index (κ3) is 3.73. The molecule has 0 saturated carbocycles. The van der Waals surface area contributed by atoms with Crippen LogP contribution in [0, 0.1) is 0 Å². The van der Waals surface area contributed by atoms with Crippen LogP contribution >= 0.6 is 0 Å². The standard InChI is InChI=1S/C15H20N2O3/c1-2-3-6-9-16-14(18)10-13-15(19)17-11-7-4-5-8-12(11)20-13/h4-5,7-8,13H,2-3,6,9-10H2,1H3,(H,16,18)(H,17,19). The molecule has 1 aliphatic heterocycles. The highest BCUT2D eigenvalue weighted by Gasteiger charge is 2.29. The molecule has 1 aromatic rings. The smallest absolute Gasteiger partial charge is 0.266 e. The molecular weight excluding hydrogens is 256 g/mol. The lowest BCUT2D eigenvalue weighted by Crippen LogP contribution is -2.41. The molecule has 5 nitrogen and oxygen atoms in total. The number of hydrogen-bond acceptors (Lipinski definition) is 3. The molecule has 0 saturated heterocycles. The number of carbonyl (C=O) groups excluding carboxylic acids is 2. The number of para-hydroxylation sites is 2. The third-order valence-corrected chi connectivity index (χ3v) is 3.18. The van der Waals surface area contributed by atoms with Gasteiger partial charge in [-0.1, -0.05) is 31.9 Å². The Hall–Kier alpha value is -2.04. The van der Waals surface area contributed by atoms with Gasteiger partial charge in [0.25, 0.3) is 5.91 Å². The van der Waals surface area contributed by atoms with E-state index in [9.17, 15) is 9.59 Å². The average molecular weight is 276 g/mol. The van der Waals surface area contributed by atoms with Gasteiger partial charge in [0, 0.05) is 6.54 Å². The minimum absolute atomic E-state index is 0.0479. The minimum atomic E-state index is -0.754. The molecule has 0 fully saturated rings. The van der Waals surface area contributed by atoms with E-state index in [0.29, 0.717) is 18.0 Å². The lowest BCUT2D eigenvalue weighted by molar-refractivity contribution is -0.130. The number of unbranched alkanes of at least 4 members (excludes halogenated alkanes) is 2. The number of carbonyl (C=O) groups is 2. The van der Waals surface area contributed by atoms with Gasteiger partial charge in [-0.15, -0.1) is 0 Å². The van der Waals surface area contributed by atoms with Crippen LogP contribution in [0.15, 0.2) is 24.3 Å². The SMILES string of the molecule is CCCCCNC(=O)CC1Oc2ccccc2NC1=O. The van der Waals surface area contributed by atoms with E-state index in [4.69, 9.17) is 4.74 Å². The van der Waals surface area contributed by atoms with Gasteiger partial charge in [-0.2, -0.15) is 0 Å². The van der Waals surface area contributed by atoms with Crippen LogP contribution in [0.2, 0.25) is 0 Å². The van der Waals surface area contributed by atoms with Crippen LogP contribution in [0.5, 0.6) is 5.75 Å². The highest BCUT2D eigenvalue weighted by molar-refractivity contribution is 5.99. The fourth-order valence-corrected chi connectivity index (χ4v) is 2.07. The summed E-state index contributed by atoms with van der Waals surface area (Å²) in [5, 5.41) is 5.56. The van der Waals surface area contributed by atoms with Crippen molar-refractivity contribution >= 4 is 17.5 Å². The van der Waals surface area contributed by atoms with Crippen molar-refractivity contribution in [3.8, 4) is 5.75 Å². The Morgan fingerprint density at radius 3 is 2.95 bits per heavy atom. The van der Waals surface area contributed by atoms with Gasteiger partial charge in [-0.05, 0) is 18.6 Å². The van der Waals surface area contributed by atoms with Crippen LogP contribution in [0.25, 0.3) is 0 Å². The maximum absolute atomic E-state index is 11.9. The van der Waals surface area contributed by atoms with Crippen molar-refractivity contribution in [3.63, 3.8) is 0 Å². The van der Waals surface area contributed by atoms with Crippen LogP contribution in [0.1, 0.15) is 32.6 Å². The topological polar surface area (TPSA) is 67.4 Å². The maximum Gasteiger partial charge on any atom is 0.266 e. The predicted molar refractivity (Wildman–Crippen MR) is 76.6 cm³/mol. The molecule has 1 atom stereocenters. The molecule has 2 N–H and O–H groups in total. The number of benzene rings is 1. The lowest BCUT2D eigenvalue weighted by atomic mass is 10.1. The highest BCUT2D eigenvalue weighted by Crippen LogP contribution is 2.29. The van der Waals surface area contributed by atoms with Gasteiger partial charge in [0.05, 0.1) is 12.1 Å². The van der Waals surface area contributed by atoms with Gasteiger partial charge < -0.3 is 15.4 Å². The molecule has 0 aliphatic carbocycles. The molecule has 0 aromatic heterocycles. The second-order valence-electron chi connectivity index (χ2n) is 4.85. The molecule has 2 amide bonds. The van der Waals surface area contributed by atoms with Crippen molar-refractivity contribution < 1.29 is 14.3 Å². The Morgan fingerprint density at radius 2 is 2.15 bits per heavy atom. The quantitative estimate of drug-likeness (QED) is 0.782. The number of ether oxygens (including phenoxy) is 1. The first-order chi connectivity index (χ1) is 9.70. The molecule has 5 heteroatoms. The number of fused-ring (bicyclic) bond motifs is 1. The summed E-state index contributed by atoms with van der Waals surface area (Å²) < 4.78 is 5.57. The molecule has 1 heterocycles. The first-order valence-corrected chi connectivity index (χ1v) is 7.04. The second kappa shape index (κ2) is 6.93. The number of hydrogen-bond donors (Lipinski definition) is 2. The minimum Gasteiger partial charge on any atom is -0.478 e. The molecule has 0 spiro atoms. The molecule has 1 unspecified atom stereocenters. The molecule has 20 heavy (non-hydrogen) atoms. The summed E-state index contributed by atoms with van der Waals surface area (Å²) in [4.78, 5) is 23.6.